The van der Waals surface area contributed by atoms with Gasteiger partial charge in [-0.05, 0) is 19.0 Å². The number of hydrogen-bond acceptors (Lipinski definition) is 2. The van der Waals surface area contributed by atoms with Crippen LogP contribution in [0.3, 0.4) is 0 Å². The fourth-order valence-corrected chi connectivity index (χ4v) is 3.14. The molecule has 0 bridgehead atoms. The fourth-order valence-electron chi connectivity index (χ4n) is 2.36. The Morgan fingerprint density at radius 1 is 1.22 bits per heavy atom. The number of rotatable bonds is 4. The first-order valence-electron chi connectivity index (χ1n) is 6.17. The molecule has 0 amide bonds. The van der Waals surface area contributed by atoms with Crippen LogP contribution < -0.4 is 10.1 Å². The summed E-state index contributed by atoms with van der Waals surface area (Å²) in [5.74, 6) is 0.676. The highest BCUT2D eigenvalue weighted by molar-refractivity contribution is 6.44. The molecule has 2 rings (SSSR count). The molecule has 2 atom stereocenters. The summed E-state index contributed by atoms with van der Waals surface area (Å²) in [6.45, 7) is 5.03. The first-order valence-corrected chi connectivity index (χ1v) is 7.30. The van der Waals surface area contributed by atoms with Crippen molar-refractivity contribution in [1.82, 2.24) is 5.32 Å². The highest BCUT2D eigenvalue weighted by atomic mass is 35.5. The molecule has 0 saturated heterocycles. The zero-order chi connectivity index (χ0) is 13.3. The standard InChI is InChI=1S/C13H16Cl3NO/c1-3-5-9-12(17-4-2)10-11(16)7(14)6-8(15)13(10)18-9/h6,9,12,17H,3-5H2,1-2H3. The molecule has 1 aromatic rings. The Balaban J connectivity index is 2.46. The summed E-state index contributed by atoms with van der Waals surface area (Å²) < 4.78 is 5.94. The molecule has 0 spiro atoms. The van der Waals surface area contributed by atoms with Crippen LogP contribution in [0.2, 0.25) is 15.1 Å². The smallest absolute Gasteiger partial charge is 0.144 e. The number of benzene rings is 1. The van der Waals surface area contributed by atoms with Crippen molar-refractivity contribution in [2.24, 2.45) is 0 Å². The molecule has 1 aliphatic rings. The van der Waals surface area contributed by atoms with E-state index >= 15 is 0 Å². The first kappa shape index (κ1) is 14.3. The SMILES string of the molecule is CCCC1Oc2c(Cl)cc(Cl)c(Cl)c2C1NCC. The monoisotopic (exact) mass is 307 g/mol. The zero-order valence-corrected chi connectivity index (χ0v) is 12.7. The molecular formula is C13H16Cl3NO. The van der Waals surface area contributed by atoms with Crippen molar-refractivity contribution < 1.29 is 4.74 Å². The summed E-state index contributed by atoms with van der Waals surface area (Å²) in [6, 6.07) is 1.70. The van der Waals surface area contributed by atoms with Gasteiger partial charge in [-0.3, -0.25) is 0 Å². The lowest BCUT2D eigenvalue weighted by atomic mass is 10.0. The minimum Gasteiger partial charge on any atom is -0.486 e. The molecule has 2 unspecified atom stereocenters. The van der Waals surface area contributed by atoms with E-state index in [-0.39, 0.29) is 12.1 Å². The molecule has 2 nitrogen and oxygen atoms in total. The molecule has 0 saturated carbocycles. The number of likely N-dealkylation sites (N-methyl/N-ethyl adjacent to an activating group) is 1. The molecule has 1 heterocycles. The van der Waals surface area contributed by atoms with Crippen LogP contribution in [0.15, 0.2) is 6.07 Å². The van der Waals surface area contributed by atoms with Crippen LogP contribution in [0.4, 0.5) is 0 Å². The normalized spacial score (nSPS) is 21.8. The number of fused-ring (bicyclic) bond motifs is 1. The lowest BCUT2D eigenvalue weighted by molar-refractivity contribution is 0.179. The number of ether oxygens (including phenoxy) is 1. The van der Waals surface area contributed by atoms with Gasteiger partial charge in [0.15, 0.2) is 0 Å². The minimum atomic E-state index is 0.0636. The van der Waals surface area contributed by atoms with E-state index in [1.165, 1.54) is 0 Å². The number of halogens is 3. The van der Waals surface area contributed by atoms with Gasteiger partial charge in [0.25, 0.3) is 0 Å². The van der Waals surface area contributed by atoms with Gasteiger partial charge in [0.1, 0.15) is 11.9 Å². The molecule has 0 fully saturated rings. The summed E-state index contributed by atoms with van der Waals surface area (Å²) in [5.41, 5.74) is 0.898. The number of hydrogen-bond donors (Lipinski definition) is 1. The Labute approximate surface area is 123 Å². The lowest BCUT2D eigenvalue weighted by Gasteiger charge is -2.19. The van der Waals surface area contributed by atoms with Crippen LogP contribution in [0.25, 0.3) is 0 Å². The fraction of sp³-hybridized carbons (Fsp3) is 0.538. The second kappa shape index (κ2) is 5.87. The van der Waals surface area contributed by atoms with Gasteiger partial charge in [0, 0.05) is 5.56 Å². The summed E-state index contributed by atoms with van der Waals surface area (Å²) in [5, 5.41) is 4.95. The maximum atomic E-state index is 6.30. The average molecular weight is 309 g/mol. The van der Waals surface area contributed by atoms with Crippen molar-refractivity contribution in [1.29, 1.82) is 0 Å². The number of nitrogens with one attached hydrogen (secondary N) is 1. The van der Waals surface area contributed by atoms with E-state index < -0.39 is 0 Å². The predicted octanol–water partition coefficient (Wildman–Crippen LogP) is 4.86. The molecule has 1 aliphatic heterocycles. The average Bonchev–Trinajstić information content (AvgIpc) is 2.67. The Morgan fingerprint density at radius 2 is 1.94 bits per heavy atom. The van der Waals surface area contributed by atoms with E-state index in [0.717, 1.165) is 24.9 Å². The Kier molecular flexibility index (Phi) is 4.65. The molecule has 5 heteroatoms. The first-order chi connectivity index (χ1) is 8.60. The van der Waals surface area contributed by atoms with Gasteiger partial charge in [0.2, 0.25) is 0 Å². The van der Waals surface area contributed by atoms with E-state index in [9.17, 15) is 0 Å². The van der Waals surface area contributed by atoms with Crippen molar-refractivity contribution in [3.05, 3.63) is 26.7 Å². The molecule has 1 N–H and O–H groups in total. The minimum absolute atomic E-state index is 0.0636. The van der Waals surface area contributed by atoms with Crippen molar-refractivity contribution in [3.63, 3.8) is 0 Å². The second-order valence-electron chi connectivity index (χ2n) is 4.38. The van der Waals surface area contributed by atoms with Gasteiger partial charge in [-0.15, -0.1) is 0 Å². The van der Waals surface area contributed by atoms with Crippen LogP contribution in [0.5, 0.6) is 5.75 Å². The highest BCUT2D eigenvalue weighted by Crippen LogP contribution is 2.49. The third kappa shape index (κ3) is 2.44. The van der Waals surface area contributed by atoms with Crippen LogP contribution in [-0.2, 0) is 0 Å². The summed E-state index contributed by atoms with van der Waals surface area (Å²) in [4.78, 5) is 0. The van der Waals surface area contributed by atoms with Crippen LogP contribution in [0.1, 0.15) is 38.3 Å². The van der Waals surface area contributed by atoms with E-state index in [1.807, 2.05) is 0 Å². The van der Waals surface area contributed by atoms with Crippen LogP contribution >= 0.6 is 34.8 Å². The zero-order valence-electron chi connectivity index (χ0n) is 10.4. The molecule has 0 aliphatic carbocycles. The predicted molar refractivity (Wildman–Crippen MR) is 77.2 cm³/mol. The third-order valence-corrected chi connectivity index (χ3v) is 4.19. The Morgan fingerprint density at radius 3 is 2.56 bits per heavy atom. The van der Waals surface area contributed by atoms with E-state index in [0.29, 0.717) is 20.8 Å². The molecule has 100 valence electrons. The van der Waals surface area contributed by atoms with Gasteiger partial charge in [-0.25, -0.2) is 0 Å². The maximum Gasteiger partial charge on any atom is 0.144 e. The second-order valence-corrected chi connectivity index (χ2v) is 5.57. The molecule has 1 aromatic carbocycles. The topological polar surface area (TPSA) is 21.3 Å². The van der Waals surface area contributed by atoms with E-state index in [2.05, 4.69) is 19.2 Å². The Bertz CT molecular complexity index is 450. The van der Waals surface area contributed by atoms with E-state index in [1.54, 1.807) is 6.07 Å². The van der Waals surface area contributed by atoms with Gasteiger partial charge in [0.05, 0.1) is 21.1 Å². The van der Waals surface area contributed by atoms with E-state index in [4.69, 9.17) is 39.5 Å². The summed E-state index contributed by atoms with van der Waals surface area (Å²) in [6.07, 6.45) is 2.07. The van der Waals surface area contributed by atoms with Gasteiger partial charge < -0.3 is 10.1 Å². The van der Waals surface area contributed by atoms with Crippen LogP contribution in [-0.4, -0.2) is 12.6 Å². The summed E-state index contributed by atoms with van der Waals surface area (Å²) >= 11 is 18.6. The van der Waals surface area contributed by atoms with Crippen LogP contribution in [0, 0.1) is 0 Å². The Hall–Kier alpha value is -0.150. The van der Waals surface area contributed by atoms with Gasteiger partial charge >= 0.3 is 0 Å². The summed E-state index contributed by atoms with van der Waals surface area (Å²) in [7, 11) is 0. The molecule has 0 aromatic heterocycles. The van der Waals surface area contributed by atoms with Crippen molar-refractivity contribution in [3.8, 4) is 5.75 Å². The lowest BCUT2D eigenvalue weighted by Crippen LogP contribution is -2.30. The van der Waals surface area contributed by atoms with Gasteiger partial charge in [-0.1, -0.05) is 55.1 Å². The third-order valence-electron chi connectivity index (χ3n) is 3.11. The van der Waals surface area contributed by atoms with Gasteiger partial charge in [-0.2, -0.15) is 0 Å². The quantitative estimate of drug-likeness (QED) is 0.802. The molecule has 18 heavy (non-hydrogen) atoms. The molecular weight excluding hydrogens is 293 g/mol. The maximum absolute atomic E-state index is 6.30. The van der Waals surface area contributed by atoms with Crippen molar-refractivity contribution in [2.45, 2.75) is 38.8 Å². The molecule has 0 radical (unpaired) electrons. The van der Waals surface area contributed by atoms with Crippen molar-refractivity contribution >= 4 is 34.8 Å². The van der Waals surface area contributed by atoms with Crippen molar-refractivity contribution in [2.75, 3.05) is 6.54 Å². The highest BCUT2D eigenvalue weighted by Gasteiger charge is 2.37. The largest absolute Gasteiger partial charge is 0.486 e.